The predicted molar refractivity (Wildman–Crippen MR) is 65.6 cm³/mol. The quantitative estimate of drug-likeness (QED) is 0.550. The van der Waals surface area contributed by atoms with Crippen LogP contribution < -0.4 is 0 Å². The molecular formula is C12H26O5. The molecule has 0 aromatic heterocycles. The second-order valence-electron chi connectivity index (χ2n) is 3.33. The molecule has 5 nitrogen and oxygen atoms in total. The van der Waals surface area contributed by atoms with Crippen molar-refractivity contribution in [1.29, 1.82) is 0 Å². The second-order valence-corrected chi connectivity index (χ2v) is 3.33. The summed E-state index contributed by atoms with van der Waals surface area (Å²) < 4.78 is 14.2. The van der Waals surface area contributed by atoms with Crippen LogP contribution in [-0.4, -0.2) is 43.8 Å². The lowest BCUT2D eigenvalue weighted by molar-refractivity contribution is -0.155. The van der Waals surface area contributed by atoms with E-state index in [1.165, 1.54) is 7.11 Å². The minimum atomic E-state index is -0.551. The van der Waals surface area contributed by atoms with Gasteiger partial charge in [0.1, 0.15) is 0 Å². The van der Waals surface area contributed by atoms with Crippen molar-refractivity contribution in [2.45, 2.75) is 52.9 Å². The third-order valence-electron chi connectivity index (χ3n) is 1.84. The summed E-state index contributed by atoms with van der Waals surface area (Å²) in [5.41, 5.74) is 0. The van der Waals surface area contributed by atoms with Crippen molar-refractivity contribution in [3.05, 3.63) is 0 Å². The summed E-state index contributed by atoms with van der Waals surface area (Å²) in [6.07, 6.45) is 0.723. The number of ether oxygens (including phenoxy) is 3. The number of hydrogen-bond acceptors (Lipinski definition) is 5. The fraction of sp³-hybridized carbons (Fsp3) is 0.917. The van der Waals surface area contributed by atoms with Gasteiger partial charge in [0, 0.05) is 13.7 Å². The molecule has 5 heteroatoms. The van der Waals surface area contributed by atoms with Crippen molar-refractivity contribution in [1.82, 2.24) is 0 Å². The monoisotopic (exact) mass is 250 g/mol. The van der Waals surface area contributed by atoms with Crippen LogP contribution >= 0.6 is 0 Å². The van der Waals surface area contributed by atoms with Gasteiger partial charge in [-0.05, 0) is 27.2 Å². The molecule has 0 aliphatic heterocycles. The third-order valence-corrected chi connectivity index (χ3v) is 1.84. The molecule has 0 rings (SSSR count). The van der Waals surface area contributed by atoms with Gasteiger partial charge in [-0.1, -0.05) is 13.3 Å². The Morgan fingerprint density at radius 2 is 1.82 bits per heavy atom. The van der Waals surface area contributed by atoms with Crippen LogP contribution in [0.4, 0.5) is 0 Å². The molecule has 17 heavy (non-hydrogen) atoms. The van der Waals surface area contributed by atoms with Crippen LogP contribution in [0.3, 0.4) is 0 Å². The highest BCUT2D eigenvalue weighted by atomic mass is 16.6. The summed E-state index contributed by atoms with van der Waals surface area (Å²) in [6, 6.07) is 0. The fourth-order valence-corrected chi connectivity index (χ4v) is 0.942. The molecular weight excluding hydrogens is 224 g/mol. The van der Waals surface area contributed by atoms with Crippen LogP contribution in [0, 0.1) is 0 Å². The van der Waals surface area contributed by atoms with Crippen molar-refractivity contribution < 1.29 is 24.1 Å². The average Bonchev–Trinajstić information content (AvgIpc) is 2.30. The molecule has 1 N–H and O–H groups in total. The molecule has 0 aliphatic rings. The maximum Gasteiger partial charge on any atom is 0.334 e. The lowest BCUT2D eigenvalue weighted by Gasteiger charge is -2.08. The molecule has 104 valence electrons. The molecule has 0 aromatic carbocycles. The Kier molecular flexibility index (Phi) is 14.8. The topological polar surface area (TPSA) is 65.0 Å². The Morgan fingerprint density at radius 1 is 1.24 bits per heavy atom. The van der Waals surface area contributed by atoms with Crippen molar-refractivity contribution in [2.75, 3.05) is 20.3 Å². The summed E-state index contributed by atoms with van der Waals surface area (Å²) in [7, 11) is 1.50. The SMILES string of the molecule is CCCC(O)OC.CCOC(=O)C(C)OCC. The van der Waals surface area contributed by atoms with Gasteiger partial charge in [-0.25, -0.2) is 4.79 Å². The number of carbonyl (C=O) groups excluding carboxylic acids is 1. The summed E-state index contributed by atoms with van der Waals surface area (Å²) in [5, 5.41) is 8.64. The Labute approximate surface area is 104 Å². The number of rotatable bonds is 7. The maximum absolute atomic E-state index is 10.8. The first-order valence-electron chi connectivity index (χ1n) is 6.02. The van der Waals surface area contributed by atoms with E-state index in [2.05, 4.69) is 4.74 Å². The highest BCUT2D eigenvalue weighted by Gasteiger charge is 2.12. The van der Waals surface area contributed by atoms with Crippen LogP contribution in [0.1, 0.15) is 40.5 Å². The molecule has 0 amide bonds. The van der Waals surface area contributed by atoms with Gasteiger partial charge in [-0.3, -0.25) is 0 Å². The van der Waals surface area contributed by atoms with Gasteiger partial charge in [-0.15, -0.1) is 0 Å². The van der Waals surface area contributed by atoms with E-state index in [0.29, 0.717) is 13.2 Å². The van der Waals surface area contributed by atoms with E-state index in [0.717, 1.165) is 12.8 Å². The van der Waals surface area contributed by atoms with Gasteiger partial charge in [-0.2, -0.15) is 0 Å². The predicted octanol–water partition coefficient (Wildman–Crippen LogP) is 1.73. The summed E-state index contributed by atoms with van der Waals surface area (Å²) in [6.45, 7) is 8.26. The van der Waals surface area contributed by atoms with Crippen molar-refractivity contribution in [3.8, 4) is 0 Å². The molecule has 0 fully saturated rings. The van der Waals surface area contributed by atoms with Gasteiger partial charge in [0.05, 0.1) is 6.61 Å². The third kappa shape index (κ3) is 13.3. The van der Waals surface area contributed by atoms with Crippen molar-refractivity contribution in [2.24, 2.45) is 0 Å². The molecule has 0 aromatic rings. The smallest absolute Gasteiger partial charge is 0.334 e. The van der Waals surface area contributed by atoms with Crippen LogP contribution in [0.5, 0.6) is 0 Å². The molecule has 2 atom stereocenters. The van der Waals surface area contributed by atoms with E-state index in [1.54, 1.807) is 13.8 Å². The first-order valence-corrected chi connectivity index (χ1v) is 6.02. The van der Waals surface area contributed by atoms with E-state index in [1.807, 2.05) is 13.8 Å². The molecule has 0 saturated carbocycles. The van der Waals surface area contributed by atoms with Crippen LogP contribution in [0.15, 0.2) is 0 Å². The zero-order chi connectivity index (χ0) is 13.7. The summed E-state index contributed by atoms with van der Waals surface area (Å²) >= 11 is 0. The van der Waals surface area contributed by atoms with Crippen LogP contribution in [0.25, 0.3) is 0 Å². The van der Waals surface area contributed by atoms with Crippen LogP contribution in [0.2, 0.25) is 0 Å². The van der Waals surface area contributed by atoms with Gasteiger partial charge in [0.2, 0.25) is 0 Å². The van der Waals surface area contributed by atoms with Crippen molar-refractivity contribution in [3.63, 3.8) is 0 Å². The number of aliphatic hydroxyl groups is 1. The maximum atomic E-state index is 10.8. The summed E-state index contributed by atoms with van der Waals surface area (Å²) in [5.74, 6) is -0.288. The number of esters is 1. The Bertz CT molecular complexity index is 172. The lowest BCUT2D eigenvalue weighted by atomic mass is 10.3. The molecule has 0 bridgehead atoms. The molecule has 2 unspecified atom stereocenters. The van der Waals surface area contributed by atoms with Gasteiger partial charge in [0.15, 0.2) is 12.4 Å². The van der Waals surface area contributed by atoms with Crippen LogP contribution in [-0.2, 0) is 19.0 Å². The Morgan fingerprint density at radius 3 is 2.12 bits per heavy atom. The highest BCUT2D eigenvalue weighted by Crippen LogP contribution is 1.94. The first kappa shape index (κ1) is 18.7. The van der Waals surface area contributed by atoms with E-state index in [4.69, 9.17) is 14.6 Å². The Hall–Kier alpha value is -0.650. The minimum Gasteiger partial charge on any atom is -0.464 e. The zero-order valence-electron chi connectivity index (χ0n) is 11.6. The normalized spacial score (nSPS) is 13.3. The number of hydrogen-bond donors (Lipinski definition) is 1. The van der Waals surface area contributed by atoms with E-state index < -0.39 is 12.4 Å². The standard InChI is InChI=1S/C7H14O3.C5H12O2/c1-4-9-6(3)7(8)10-5-2;1-3-4-5(6)7-2/h6H,4-5H2,1-3H3;5-6H,3-4H2,1-2H3. The molecule has 0 heterocycles. The van der Waals surface area contributed by atoms with Gasteiger partial charge < -0.3 is 19.3 Å². The molecule has 0 aliphatic carbocycles. The molecule has 0 spiro atoms. The number of aliphatic hydroxyl groups excluding tert-OH is 1. The Balaban J connectivity index is 0. The zero-order valence-corrected chi connectivity index (χ0v) is 11.6. The number of methoxy groups -OCH3 is 1. The minimum absolute atomic E-state index is 0.288. The molecule has 0 saturated heterocycles. The van der Waals surface area contributed by atoms with Gasteiger partial charge in [0.25, 0.3) is 0 Å². The van der Waals surface area contributed by atoms with E-state index in [9.17, 15) is 4.79 Å². The van der Waals surface area contributed by atoms with E-state index in [-0.39, 0.29) is 5.97 Å². The molecule has 0 radical (unpaired) electrons. The largest absolute Gasteiger partial charge is 0.464 e. The average molecular weight is 250 g/mol. The first-order chi connectivity index (χ1) is 8.03. The van der Waals surface area contributed by atoms with Gasteiger partial charge >= 0.3 is 5.97 Å². The fourth-order valence-electron chi connectivity index (χ4n) is 0.942. The summed E-state index contributed by atoms with van der Waals surface area (Å²) in [4.78, 5) is 10.8. The lowest BCUT2D eigenvalue weighted by Crippen LogP contribution is -2.23. The van der Waals surface area contributed by atoms with Crippen molar-refractivity contribution >= 4 is 5.97 Å². The number of carbonyl (C=O) groups is 1. The highest BCUT2D eigenvalue weighted by molar-refractivity contribution is 5.74. The second kappa shape index (κ2) is 13.4. The van der Waals surface area contributed by atoms with E-state index >= 15 is 0 Å².